The first-order chi connectivity index (χ1) is 8.32. The molecule has 0 aromatic heterocycles. The fourth-order valence-electron chi connectivity index (χ4n) is 1.56. The van der Waals surface area contributed by atoms with Crippen molar-refractivity contribution in [1.29, 1.82) is 0 Å². The van der Waals surface area contributed by atoms with Crippen LogP contribution in [0.2, 0.25) is 0 Å². The number of rotatable bonds is 7. The molecule has 5 heteroatoms. The number of methoxy groups -OCH3 is 1. The second-order valence-corrected chi connectivity index (χ2v) is 4.21. The van der Waals surface area contributed by atoms with Gasteiger partial charge in [0.25, 0.3) is 5.91 Å². The zero-order valence-corrected chi connectivity index (χ0v) is 11.8. The van der Waals surface area contributed by atoms with E-state index >= 15 is 0 Å². The Kier molecular flexibility index (Phi) is 6.62. The maximum atomic E-state index is 12.1. The van der Waals surface area contributed by atoms with Crippen molar-refractivity contribution in [2.75, 3.05) is 7.11 Å². The SMILES string of the molecule is C=C(C)C(=O)OC(C)NC(=O)C(CC)(CC)OC. The third-order valence-corrected chi connectivity index (χ3v) is 2.91. The van der Waals surface area contributed by atoms with Crippen LogP contribution in [0.1, 0.15) is 40.5 Å². The van der Waals surface area contributed by atoms with Gasteiger partial charge in [0.05, 0.1) is 0 Å². The molecule has 0 saturated carbocycles. The van der Waals surface area contributed by atoms with Crippen LogP contribution in [0, 0.1) is 0 Å². The average molecular weight is 257 g/mol. The Labute approximate surface area is 109 Å². The third kappa shape index (κ3) is 4.14. The van der Waals surface area contributed by atoms with Crippen molar-refractivity contribution in [3.63, 3.8) is 0 Å². The highest BCUT2D eigenvalue weighted by Gasteiger charge is 2.35. The summed E-state index contributed by atoms with van der Waals surface area (Å²) in [7, 11) is 1.50. The van der Waals surface area contributed by atoms with Crippen molar-refractivity contribution in [1.82, 2.24) is 5.32 Å². The summed E-state index contributed by atoms with van der Waals surface area (Å²) in [5.41, 5.74) is -0.579. The molecule has 1 N–H and O–H groups in total. The monoisotopic (exact) mass is 257 g/mol. The van der Waals surface area contributed by atoms with Gasteiger partial charge >= 0.3 is 5.97 Å². The van der Waals surface area contributed by atoms with E-state index in [0.29, 0.717) is 18.4 Å². The highest BCUT2D eigenvalue weighted by molar-refractivity contribution is 5.88. The molecule has 104 valence electrons. The van der Waals surface area contributed by atoms with Gasteiger partial charge in [-0.15, -0.1) is 0 Å². The van der Waals surface area contributed by atoms with E-state index in [9.17, 15) is 9.59 Å². The lowest BCUT2D eigenvalue weighted by Crippen LogP contribution is -2.51. The molecule has 0 spiro atoms. The number of carbonyl (C=O) groups is 2. The molecule has 0 aromatic carbocycles. The summed E-state index contributed by atoms with van der Waals surface area (Å²) in [4.78, 5) is 23.4. The minimum atomic E-state index is -0.871. The van der Waals surface area contributed by atoms with Crippen molar-refractivity contribution in [3.05, 3.63) is 12.2 Å². The van der Waals surface area contributed by atoms with E-state index in [-0.39, 0.29) is 5.91 Å². The molecular formula is C13H23NO4. The van der Waals surface area contributed by atoms with E-state index < -0.39 is 17.8 Å². The molecule has 18 heavy (non-hydrogen) atoms. The van der Waals surface area contributed by atoms with Gasteiger partial charge in [-0.3, -0.25) is 4.79 Å². The van der Waals surface area contributed by atoms with Gasteiger partial charge < -0.3 is 14.8 Å². The minimum Gasteiger partial charge on any atom is -0.439 e. The summed E-state index contributed by atoms with van der Waals surface area (Å²) >= 11 is 0. The zero-order chi connectivity index (χ0) is 14.3. The van der Waals surface area contributed by atoms with Crippen LogP contribution in [-0.4, -0.2) is 30.8 Å². The molecule has 0 aliphatic rings. The van der Waals surface area contributed by atoms with Gasteiger partial charge in [0.1, 0.15) is 5.60 Å². The molecule has 1 unspecified atom stereocenters. The van der Waals surface area contributed by atoms with Gasteiger partial charge in [-0.25, -0.2) is 4.79 Å². The molecule has 0 aliphatic carbocycles. The number of amides is 1. The first-order valence-corrected chi connectivity index (χ1v) is 6.05. The Balaban J connectivity index is 4.55. The highest BCUT2D eigenvalue weighted by atomic mass is 16.6. The molecule has 0 aliphatic heterocycles. The quantitative estimate of drug-likeness (QED) is 0.429. The summed E-state index contributed by atoms with van der Waals surface area (Å²) in [6.45, 7) is 10.4. The smallest absolute Gasteiger partial charge is 0.335 e. The Bertz CT molecular complexity index is 313. The number of carbonyl (C=O) groups excluding carboxylic acids is 2. The first kappa shape index (κ1) is 16.6. The van der Waals surface area contributed by atoms with E-state index in [1.54, 1.807) is 13.8 Å². The maximum Gasteiger partial charge on any atom is 0.335 e. The highest BCUT2D eigenvalue weighted by Crippen LogP contribution is 2.19. The zero-order valence-electron chi connectivity index (χ0n) is 11.8. The van der Waals surface area contributed by atoms with Crippen molar-refractivity contribution in [2.24, 2.45) is 0 Å². The van der Waals surface area contributed by atoms with Gasteiger partial charge in [-0.1, -0.05) is 20.4 Å². The molecule has 0 radical (unpaired) electrons. The molecule has 0 rings (SSSR count). The minimum absolute atomic E-state index is 0.281. The second kappa shape index (κ2) is 7.16. The summed E-state index contributed by atoms with van der Waals surface area (Å²) in [5, 5.41) is 2.61. The molecule has 5 nitrogen and oxygen atoms in total. The standard InChI is InChI=1S/C13H23NO4/c1-7-13(8-2,17-6)12(16)14-10(5)18-11(15)9(3)4/h10H,3,7-8H2,1-2,4-6H3,(H,14,16). The molecule has 1 amide bonds. The Morgan fingerprint density at radius 1 is 1.33 bits per heavy atom. The van der Waals surface area contributed by atoms with Crippen molar-refractivity contribution in [2.45, 2.75) is 52.4 Å². The topological polar surface area (TPSA) is 64.6 Å². The summed E-state index contributed by atoms with van der Waals surface area (Å²) in [6, 6.07) is 0. The molecule has 0 saturated heterocycles. The average Bonchev–Trinajstić information content (AvgIpc) is 2.31. The molecule has 0 fully saturated rings. The van der Waals surface area contributed by atoms with Crippen LogP contribution in [0.25, 0.3) is 0 Å². The number of hydrogen-bond donors (Lipinski definition) is 1. The number of hydrogen-bond acceptors (Lipinski definition) is 4. The lowest BCUT2D eigenvalue weighted by molar-refractivity contribution is -0.154. The van der Waals surface area contributed by atoms with Crippen molar-refractivity contribution in [3.8, 4) is 0 Å². The fourth-order valence-corrected chi connectivity index (χ4v) is 1.56. The molecule has 0 aromatic rings. The predicted octanol–water partition coefficient (Wildman–Crippen LogP) is 1.77. The van der Waals surface area contributed by atoms with Crippen LogP contribution in [-0.2, 0) is 19.1 Å². The van der Waals surface area contributed by atoms with Crippen molar-refractivity contribution < 1.29 is 19.1 Å². The van der Waals surface area contributed by atoms with Gasteiger partial charge in [-0.2, -0.15) is 0 Å². The number of esters is 1. The van der Waals surface area contributed by atoms with Crippen LogP contribution in [0.4, 0.5) is 0 Å². The summed E-state index contributed by atoms with van der Waals surface area (Å²) in [5.74, 6) is -0.809. The third-order valence-electron chi connectivity index (χ3n) is 2.91. The Morgan fingerprint density at radius 2 is 1.83 bits per heavy atom. The van der Waals surface area contributed by atoms with Gasteiger partial charge in [0.15, 0.2) is 6.23 Å². The molecule has 0 heterocycles. The maximum absolute atomic E-state index is 12.1. The predicted molar refractivity (Wildman–Crippen MR) is 68.8 cm³/mol. The van der Waals surface area contributed by atoms with Gasteiger partial charge in [-0.05, 0) is 26.7 Å². The van der Waals surface area contributed by atoms with Gasteiger partial charge in [0, 0.05) is 12.7 Å². The van der Waals surface area contributed by atoms with Crippen LogP contribution < -0.4 is 5.32 Å². The Morgan fingerprint density at radius 3 is 2.17 bits per heavy atom. The van der Waals surface area contributed by atoms with E-state index in [0.717, 1.165) is 0 Å². The lowest BCUT2D eigenvalue weighted by Gasteiger charge is -2.30. The molecular weight excluding hydrogens is 234 g/mol. The van der Waals surface area contributed by atoms with Crippen LogP contribution in [0.15, 0.2) is 12.2 Å². The Hall–Kier alpha value is -1.36. The summed E-state index contributed by atoms with van der Waals surface area (Å²) in [6.07, 6.45) is 0.384. The fraction of sp³-hybridized carbons (Fsp3) is 0.692. The number of ether oxygens (including phenoxy) is 2. The van der Waals surface area contributed by atoms with Crippen LogP contribution in [0.5, 0.6) is 0 Å². The number of nitrogens with one attached hydrogen (secondary N) is 1. The van der Waals surface area contributed by atoms with Crippen LogP contribution >= 0.6 is 0 Å². The van der Waals surface area contributed by atoms with E-state index in [1.807, 2.05) is 13.8 Å². The van der Waals surface area contributed by atoms with Gasteiger partial charge in [0.2, 0.25) is 0 Å². The van der Waals surface area contributed by atoms with E-state index in [2.05, 4.69) is 11.9 Å². The van der Waals surface area contributed by atoms with Crippen LogP contribution in [0.3, 0.4) is 0 Å². The normalized spacial score (nSPS) is 12.7. The first-order valence-electron chi connectivity index (χ1n) is 6.05. The van der Waals surface area contributed by atoms with Crippen molar-refractivity contribution >= 4 is 11.9 Å². The molecule has 0 bridgehead atoms. The second-order valence-electron chi connectivity index (χ2n) is 4.21. The summed E-state index contributed by atoms with van der Waals surface area (Å²) < 4.78 is 10.3. The van der Waals surface area contributed by atoms with E-state index in [1.165, 1.54) is 7.11 Å². The largest absolute Gasteiger partial charge is 0.439 e. The lowest BCUT2D eigenvalue weighted by atomic mass is 9.96. The van der Waals surface area contributed by atoms with E-state index in [4.69, 9.17) is 9.47 Å². The molecule has 1 atom stereocenters.